The Morgan fingerprint density at radius 3 is 3.06 bits per heavy atom. The molecule has 0 bridgehead atoms. The van der Waals surface area contributed by atoms with Gasteiger partial charge in [-0.2, -0.15) is 11.8 Å². The van der Waals surface area contributed by atoms with Gasteiger partial charge in [0.2, 0.25) is 5.91 Å². The molecule has 0 radical (unpaired) electrons. The lowest BCUT2D eigenvalue weighted by Crippen LogP contribution is -2.43. The van der Waals surface area contributed by atoms with Crippen molar-refractivity contribution in [2.75, 3.05) is 24.6 Å². The van der Waals surface area contributed by atoms with Gasteiger partial charge in [0.25, 0.3) is 0 Å². The summed E-state index contributed by atoms with van der Waals surface area (Å²) < 4.78 is 0. The van der Waals surface area contributed by atoms with E-state index in [4.69, 9.17) is 0 Å². The number of aromatic nitrogens is 2. The van der Waals surface area contributed by atoms with Gasteiger partial charge in [0, 0.05) is 42.4 Å². The van der Waals surface area contributed by atoms with Crippen molar-refractivity contribution in [2.24, 2.45) is 5.92 Å². The lowest BCUT2D eigenvalue weighted by Gasteiger charge is -2.32. The second-order valence-corrected chi connectivity index (χ2v) is 6.10. The van der Waals surface area contributed by atoms with E-state index in [1.54, 1.807) is 6.33 Å². The Labute approximate surface area is 111 Å². The Morgan fingerprint density at radius 1 is 1.39 bits per heavy atom. The fourth-order valence-electron chi connectivity index (χ4n) is 2.71. The van der Waals surface area contributed by atoms with Crippen LogP contribution in [0.25, 0.3) is 0 Å². The first-order valence-electron chi connectivity index (χ1n) is 6.49. The molecule has 1 atom stereocenters. The fraction of sp³-hybridized carbons (Fsp3) is 0.615. The number of rotatable bonds is 1. The molecule has 18 heavy (non-hydrogen) atoms. The summed E-state index contributed by atoms with van der Waals surface area (Å²) in [5.74, 6) is 2.65. The van der Waals surface area contributed by atoms with Gasteiger partial charge in [-0.05, 0) is 24.8 Å². The monoisotopic (exact) mass is 263 g/mol. The van der Waals surface area contributed by atoms with Gasteiger partial charge in [0.1, 0.15) is 6.33 Å². The smallest absolute Gasteiger partial charge is 0.226 e. The third kappa shape index (κ3) is 2.36. The molecule has 2 aliphatic rings. The molecule has 1 saturated heterocycles. The van der Waals surface area contributed by atoms with Gasteiger partial charge in [0.05, 0.1) is 0 Å². The van der Waals surface area contributed by atoms with Crippen LogP contribution in [0.5, 0.6) is 0 Å². The highest BCUT2D eigenvalue weighted by Crippen LogP contribution is 2.25. The molecule has 5 heteroatoms. The molecule has 0 spiro atoms. The largest absolute Gasteiger partial charge is 0.341 e. The Balaban J connectivity index is 1.69. The zero-order valence-corrected chi connectivity index (χ0v) is 11.2. The molecule has 0 aromatic carbocycles. The van der Waals surface area contributed by atoms with Crippen LogP contribution in [0, 0.1) is 5.92 Å². The molecule has 3 rings (SSSR count). The average Bonchev–Trinajstić information content (AvgIpc) is 2.47. The lowest BCUT2D eigenvalue weighted by molar-refractivity contribution is -0.135. The third-order valence-corrected chi connectivity index (χ3v) is 4.69. The van der Waals surface area contributed by atoms with Crippen LogP contribution < -0.4 is 0 Å². The Bertz CT molecular complexity index is 446. The number of carbonyl (C=O) groups excluding carboxylic acids is 1. The van der Waals surface area contributed by atoms with Crippen LogP contribution in [0.1, 0.15) is 17.7 Å². The van der Waals surface area contributed by atoms with Crippen LogP contribution >= 0.6 is 11.8 Å². The molecule has 1 aliphatic carbocycles. The van der Waals surface area contributed by atoms with E-state index in [2.05, 4.69) is 9.97 Å². The zero-order chi connectivity index (χ0) is 12.4. The molecule has 0 N–H and O–H groups in total. The van der Waals surface area contributed by atoms with Gasteiger partial charge in [-0.3, -0.25) is 4.79 Å². The summed E-state index contributed by atoms with van der Waals surface area (Å²) in [7, 11) is 0. The van der Waals surface area contributed by atoms with Crippen LogP contribution in [0.15, 0.2) is 12.5 Å². The molecule has 1 amide bonds. The topological polar surface area (TPSA) is 46.1 Å². The quantitative estimate of drug-likeness (QED) is 0.763. The lowest BCUT2D eigenvalue weighted by atomic mass is 9.86. The minimum absolute atomic E-state index is 0.145. The Hall–Kier alpha value is -1.10. The number of nitrogens with zero attached hydrogens (tertiary/aromatic N) is 3. The first-order chi connectivity index (χ1) is 8.84. The van der Waals surface area contributed by atoms with Gasteiger partial charge in [-0.25, -0.2) is 9.97 Å². The highest BCUT2D eigenvalue weighted by molar-refractivity contribution is 7.99. The third-order valence-electron chi connectivity index (χ3n) is 3.75. The summed E-state index contributed by atoms with van der Waals surface area (Å²) in [6.07, 6.45) is 6.14. The van der Waals surface area contributed by atoms with E-state index in [1.807, 2.05) is 22.9 Å². The molecule has 1 fully saturated rings. The van der Waals surface area contributed by atoms with Crippen molar-refractivity contribution >= 4 is 17.7 Å². The molecular formula is C13H17N3OS. The molecule has 2 heterocycles. The summed E-state index contributed by atoms with van der Waals surface area (Å²) in [4.78, 5) is 22.8. The van der Waals surface area contributed by atoms with Gasteiger partial charge in [-0.15, -0.1) is 0 Å². The molecular weight excluding hydrogens is 246 g/mol. The molecule has 1 aromatic heterocycles. The Morgan fingerprint density at radius 2 is 2.22 bits per heavy atom. The van der Waals surface area contributed by atoms with E-state index in [0.717, 1.165) is 55.1 Å². The normalized spacial score (nSPS) is 23.6. The molecule has 1 unspecified atom stereocenters. The number of carbonyl (C=O) groups is 1. The van der Waals surface area contributed by atoms with Crippen molar-refractivity contribution < 1.29 is 4.79 Å². The van der Waals surface area contributed by atoms with Crippen LogP contribution in [-0.2, 0) is 17.6 Å². The van der Waals surface area contributed by atoms with Crippen LogP contribution in [-0.4, -0.2) is 45.4 Å². The van der Waals surface area contributed by atoms with Crippen molar-refractivity contribution in [2.45, 2.75) is 19.3 Å². The number of fused-ring (bicyclic) bond motifs is 1. The maximum Gasteiger partial charge on any atom is 0.226 e. The second kappa shape index (κ2) is 5.26. The van der Waals surface area contributed by atoms with Crippen LogP contribution in [0.4, 0.5) is 0 Å². The first kappa shape index (κ1) is 12.0. The number of hydrogen-bond donors (Lipinski definition) is 0. The van der Waals surface area contributed by atoms with E-state index in [1.165, 1.54) is 0 Å². The summed E-state index contributed by atoms with van der Waals surface area (Å²) in [5, 5.41) is 0. The second-order valence-electron chi connectivity index (χ2n) is 4.87. The van der Waals surface area contributed by atoms with Gasteiger partial charge < -0.3 is 4.90 Å². The molecule has 96 valence electrons. The van der Waals surface area contributed by atoms with Crippen molar-refractivity contribution in [3.05, 3.63) is 23.8 Å². The number of thioether (sulfide) groups is 1. The van der Waals surface area contributed by atoms with E-state index in [0.29, 0.717) is 5.91 Å². The number of aryl methyl sites for hydroxylation is 1. The summed E-state index contributed by atoms with van der Waals surface area (Å²) >= 11 is 1.94. The highest BCUT2D eigenvalue weighted by Gasteiger charge is 2.29. The van der Waals surface area contributed by atoms with Gasteiger partial charge in [-0.1, -0.05) is 0 Å². The molecule has 4 nitrogen and oxygen atoms in total. The molecule has 1 aromatic rings. The summed E-state index contributed by atoms with van der Waals surface area (Å²) in [6.45, 7) is 1.83. The van der Waals surface area contributed by atoms with Gasteiger partial charge >= 0.3 is 0 Å². The van der Waals surface area contributed by atoms with Crippen LogP contribution in [0.2, 0.25) is 0 Å². The minimum Gasteiger partial charge on any atom is -0.341 e. The maximum atomic E-state index is 12.4. The minimum atomic E-state index is 0.145. The van der Waals surface area contributed by atoms with Crippen molar-refractivity contribution in [1.29, 1.82) is 0 Å². The maximum absolute atomic E-state index is 12.4. The van der Waals surface area contributed by atoms with E-state index < -0.39 is 0 Å². The highest BCUT2D eigenvalue weighted by atomic mass is 32.2. The first-order valence-corrected chi connectivity index (χ1v) is 7.64. The van der Waals surface area contributed by atoms with Crippen molar-refractivity contribution in [3.8, 4) is 0 Å². The number of amides is 1. The SMILES string of the molecule is O=C(C1CCc2ncncc2C1)N1CCSCC1. The zero-order valence-electron chi connectivity index (χ0n) is 10.3. The van der Waals surface area contributed by atoms with E-state index >= 15 is 0 Å². The van der Waals surface area contributed by atoms with Crippen molar-refractivity contribution in [1.82, 2.24) is 14.9 Å². The summed E-state index contributed by atoms with van der Waals surface area (Å²) in [6, 6.07) is 0. The average molecular weight is 263 g/mol. The van der Waals surface area contributed by atoms with E-state index in [-0.39, 0.29) is 5.92 Å². The summed E-state index contributed by atoms with van der Waals surface area (Å²) in [5.41, 5.74) is 2.29. The van der Waals surface area contributed by atoms with E-state index in [9.17, 15) is 4.79 Å². The van der Waals surface area contributed by atoms with Crippen LogP contribution in [0.3, 0.4) is 0 Å². The fourth-order valence-corrected chi connectivity index (χ4v) is 3.61. The molecule has 0 saturated carbocycles. The molecule has 1 aliphatic heterocycles. The predicted octanol–water partition coefficient (Wildman–Crippen LogP) is 1.16. The Kier molecular flexibility index (Phi) is 3.50. The predicted molar refractivity (Wildman–Crippen MR) is 71.5 cm³/mol. The van der Waals surface area contributed by atoms with Crippen molar-refractivity contribution in [3.63, 3.8) is 0 Å². The standard InChI is InChI=1S/C13H17N3OS/c17-13(16-3-5-18-6-4-16)10-1-2-12-11(7-10)8-14-9-15-12/h8-10H,1-7H2. The number of hydrogen-bond acceptors (Lipinski definition) is 4. The van der Waals surface area contributed by atoms with Gasteiger partial charge in [0.15, 0.2) is 0 Å².